The molecule has 194 valence electrons. The molecule has 0 aliphatic rings. The predicted molar refractivity (Wildman–Crippen MR) is 151 cm³/mol. The minimum atomic E-state index is -0.601. The quantitative estimate of drug-likeness (QED) is 0.235. The van der Waals surface area contributed by atoms with Crippen LogP contribution in [0.4, 0.5) is 5.69 Å². The van der Waals surface area contributed by atoms with Crippen molar-refractivity contribution in [3.05, 3.63) is 93.5 Å². The van der Waals surface area contributed by atoms with Crippen LogP contribution in [-0.2, 0) is 9.59 Å². The number of nitrogens with zero attached hydrogens (tertiary/aromatic N) is 1. The Balaban J connectivity index is 0.000000294. The van der Waals surface area contributed by atoms with Crippen LogP contribution >= 0.6 is 15.9 Å². The van der Waals surface area contributed by atoms with Crippen LogP contribution in [0.1, 0.15) is 54.2 Å². The smallest absolute Gasteiger partial charge is 0.275 e. The average Bonchev–Trinajstić information content (AvgIpc) is 2.83. The number of halogens is 1. The summed E-state index contributed by atoms with van der Waals surface area (Å²) in [6.45, 7) is 9.34. The Bertz CT molecular complexity index is 1280. The third-order valence-corrected chi connectivity index (χ3v) is 5.63. The zero-order valence-corrected chi connectivity index (χ0v) is 23.2. The SMILES string of the molecule is CC(=O)/C(=N\NC(=O)c1cc(Br)ccc1O)c1ccccc1C.Cc1ccc(NC(=O)CC(C)C)cc1. The molecule has 0 aromatic heterocycles. The summed E-state index contributed by atoms with van der Waals surface area (Å²) in [4.78, 5) is 35.4. The summed E-state index contributed by atoms with van der Waals surface area (Å²) in [5, 5.41) is 16.5. The number of anilines is 1. The van der Waals surface area contributed by atoms with Gasteiger partial charge in [-0.05, 0) is 55.7 Å². The van der Waals surface area contributed by atoms with E-state index in [1.54, 1.807) is 18.2 Å². The minimum absolute atomic E-state index is 0.0656. The van der Waals surface area contributed by atoms with Crippen molar-refractivity contribution in [2.24, 2.45) is 11.0 Å². The second-order valence-electron chi connectivity index (χ2n) is 8.95. The van der Waals surface area contributed by atoms with Gasteiger partial charge in [-0.25, -0.2) is 5.43 Å². The lowest BCUT2D eigenvalue weighted by Crippen LogP contribution is -2.23. The zero-order chi connectivity index (χ0) is 27.5. The number of benzene rings is 3. The van der Waals surface area contributed by atoms with Gasteiger partial charge in [-0.2, -0.15) is 5.10 Å². The lowest BCUT2D eigenvalue weighted by Gasteiger charge is -2.08. The highest BCUT2D eigenvalue weighted by atomic mass is 79.9. The monoisotopic (exact) mass is 565 g/mol. The lowest BCUT2D eigenvalue weighted by molar-refractivity contribution is -0.117. The molecule has 0 aliphatic carbocycles. The molecule has 0 bridgehead atoms. The van der Waals surface area contributed by atoms with E-state index in [1.807, 2.05) is 64.1 Å². The van der Waals surface area contributed by atoms with Gasteiger partial charge in [0, 0.05) is 29.1 Å². The van der Waals surface area contributed by atoms with Crippen LogP contribution in [0.3, 0.4) is 0 Å². The molecule has 0 spiro atoms. The first kappa shape index (κ1) is 29.5. The summed E-state index contributed by atoms with van der Waals surface area (Å²) in [6, 6.07) is 19.6. The van der Waals surface area contributed by atoms with E-state index in [-0.39, 0.29) is 28.7 Å². The number of Topliss-reactive ketones (excluding diaryl/α,β-unsaturated/α-hetero) is 1. The first-order valence-corrected chi connectivity index (χ1v) is 12.6. The van der Waals surface area contributed by atoms with Gasteiger partial charge in [-0.3, -0.25) is 14.4 Å². The Morgan fingerprint density at radius 2 is 1.59 bits per heavy atom. The molecular formula is C29H32BrN3O4. The number of carbonyl (C=O) groups excluding carboxylic acids is 3. The third-order valence-electron chi connectivity index (χ3n) is 5.14. The van der Waals surface area contributed by atoms with E-state index in [2.05, 4.69) is 31.8 Å². The van der Waals surface area contributed by atoms with E-state index in [1.165, 1.54) is 24.6 Å². The van der Waals surface area contributed by atoms with Crippen LogP contribution in [0.5, 0.6) is 5.75 Å². The highest BCUT2D eigenvalue weighted by Gasteiger charge is 2.15. The molecule has 0 atom stereocenters. The molecule has 3 aromatic carbocycles. The first-order chi connectivity index (χ1) is 17.5. The minimum Gasteiger partial charge on any atom is -0.507 e. The number of carbonyl (C=O) groups is 3. The second-order valence-corrected chi connectivity index (χ2v) is 9.86. The van der Waals surface area contributed by atoms with E-state index in [9.17, 15) is 19.5 Å². The van der Waals surface area contributed by atoms with Gasteiger partial charge in [0.2, 0.25) is 5.91 Å². The lowest BCUT2D eigenvalue weighted by atomic mass is 10.0. The summed E-state index contributed by atoms with van der Waals surface area (Å²) in [7, 11) is 0. The average molecular weight is 566 g/mol. The topological polar surface area (TPSA) is 108 Å². The molecule has 0 fully saturated rings. The maximum atomic E-state index is 12.2. The Morgan fingerprint density at radius 3 is 2.19 bits per heavy atom. The second kappa shape index (κ2) is 14.1. The molecule has 0 saturated carbocycles. The van der Waals surface area contributed by atoms with E-state index < -0.39 is 5.91 Å². The molecule has 0 aliphatic heterocycles. The molecule has 0 radical (unpaired) electrons. The predicted octanol–water partition coefficient (Wildman–Crippen LogP) is 6.17. The van der Waals surface area contributed by atoms with Gasteiger partial charge >= 0.3 is 0 Å². The van der Waals surface area contributed by atoms with Crippen LogP contribution in [0, 0.1) is 19.8 Å². The van der Waals surface area contributed by atoms with Gasteiger partial charge in [0.25, 0.3) is 5.91 Å². The van der Waals surface area contributed by atoms with E-state index in [4.69, 9.17) is 0 Å². The number of nitrogens with one attached hydrogen (secondary N) is 2. The number of aromatic hydroxyl groups is 1. The van der Waals surface area contributed by atoms with Gasteiger partial charge in [0.1, 0.15) is 11.5 Å². The Morgan fingerprint density at radius 1 is 0.946 bits per heavy atom. The Kier molecular flexibility index (Phi) is 11.2. The zero-order valence-electron chi connectivity index (χ0n) is 21.6. The third kappa shape index (κ3) is 9.65. The normalized spacial score (nSPS) is 10.8. The highest BCUT2D eigenvalue weighted by Crippen LogP contribution is 2.21. The molecule has 0 unspecified atom stereocenters. The summed E-state index contributed by atoms with van der Waals surface area (Å²) >= 11 is 3.23. The summed E-state index contributed by atoms with van der Waals surface area (Å²) in [5.41, 5.74) is 6.15. The first-order valence-electron chi connectivity index (χ1n) is 11.8. The van der Waals surface area contributed by atoms with Crippen molar-refractivity contribution in [3.8, 4) is 5.75 Å². The van der Waals surface area contributed by atoms with Crippen molar-refractivity contribution in [2.75, 3.05) is 5.32 Å². The fourth-order valence-corrected chi connectivity index (χ4v) is 3.61. The maximum Gasteiger partial charge on any atom is 0.275 e. The van der Waals surface area contributed by atoms with Crippen molar-refractivity contribution >= 4 is 44.9 Å². The van der Waals surface area contributed by atoms with Crippen LogP contribution in [-0.4, -0.2) is 28.4 Å². The number of amides is 2. The number of hydrogen-bond donors (Lipinski definition) is 3. The van der Waals surface area contributed by atoms with Gasteiger partial charge in [0.05, 0.1) is 5.56 Å². The van der Waals surface area contributed by atoms with Gasteiger partial charge < -0.3 is 10.4 Å². The molecule has 3 N–H and O–H groups in total. The van der Waals surface area contributed by atoms with Crippen LogP contribution in [0.2, 0.25) is 0 Å². The molecular weight excluding hydrogens is 534 g/mol. The van der Waals surface area contributed by atoms with Crippen molar-refractivity contribution in [1.29, 1.82) is 0 Å². The number of hydrazone groups is 1. The number of phenols is 1. The highest BCUT2D eigenvalue weighted by molar-refractivity contribution is 9.10. The molecule has 3 rings (SSSR count). The van der Waals surface area contributed by atoms with Gasteiger partial charge in [-0.15, -0.1) is 0 Å². The largest absolute Gasteiger partial charge is 0.507 e. The van der Waals surface area contributed by atoms with E-state index in [0.29, 0.717) is 22.4 Å². The van der Waals surface area contributed by atoms with E-state index in [0.717, 1.165) is 11.3 Å². The van der Waals surface area contributed by atoms with Crippen LogP contribution < -0.4 is 10.7 Å². The van der Waals surface area contributed by atoms with Crippen molar-refractivity contribution in [2.45, 2.75) is 41.0 Å². The molecule has 7 nitrogen and oxygen atoms in total. The summed E-state index contributed by atoms with van der Waals surface area (Å²) in [6.07, 6.45) is 0.577. The number of ketones is 1. The van der Waals surface area contributed by atoms with Gasteiger partial charge in [-0.1, -0.05) is 71.7 Å². The number of rotatable bonds is 7. The number of phenolic OH excluding ortho intramolecular Hbond substituents is 1. The molecule has 0 heterocycles. The fraction of sp³-hybridized carbons (Fsp3) is 0.241. The molecule has 8 heteroatoms. The van der Waals surface area contributed by atoms with Crippen molar-refractivity contribution in [1.82, 2.24) is 5.43 Å². The Hall–Kier alpha value is -3.78. The molecule has 37 heavy (non-hydrogen) atoms. The summed E-state index contributed by atoms with van der Waals surface area (Å²) < 4.78 is 0.648. The summed E-state index contributed by atoms with van der Waals surface area (Å²) in [5.74, 6) is -0.542. The van der Waals surface area contributed by atoms with Crippen molar-refractivity contribution < 1.29 is 19.5 Å². The molecule has 2 amide bonds. The number of hydrogen-bond acceptors (Lipinski definition) is 5. The van der Waals surface area contributed by atoms with Crippen LogP contribution in [0.15, 0.2) is 76.3 Å². The van der Waals surface area contributed by atoms with Crippen molar-refractivity contribution in [3.63, 3.8) is 0 Å². The fourth-order valence-electron chi connectivity index (χ4n) is 3.24. The standard InChI is InChI=1S/C17H15BrN2O3.C12H17NO/c1-10-5-3-4-6-13(10)16(11(2)21)19-20-17(23)14-9-12(18)7-8-15(14)22;1-9(2)8-12(14)13-11-6-4-10(3)5-7-11/h3-9,22H,1-2H3,(H,20,23);4-7,9H,8H2,1-3H3,(H,13,14)/b19-16+;. The van der Waals surface area contributed by atoms with Gasteiger partial charge in [0.15, 0.2) is 5.78 Å². The maximum absolute atomic E-state index is 12.2. The molecule has 3 aromatic rings. The Labute approximate surface area is 226 Å². The number of aryl methyl sites for hydroxylation is 2. The van der Waals surface area contributed by atoms with E-state index >= 15 is 0 Å². The molecule has 0 saturated heterocycles. The van der Waals surface area contributed by atoms with Crippen LogP contribution in [0.25, 0.3) is 0 Å².